The van der Waals surface area contributed by atoms with Gasteiger partial charge in [-0.3, -0.25) is 38.1 Å². The number of allylic oxidation sites excluding steroid dienone is 1. The standard InChI is InChI=1S/C35H57NO5.C21H36NO13P.H3N.4H2N.2Pt/c1-23(2)8-6-9-24(3)29-14-15-30-28-13-11-25-22-27(17-19-34(25,4)31(28)18-20-35(29,30)5)41-33(40)36-21-7-10-26(37)12-16-32(38)39;1-3-20(27)32-14-17(35-21(28)4-2)15-34-36(29,30)33-12-5-7-16(23)13-31-11-6-10-22-18(24)8-9-19(25)26;;;;;;;/h11,23-24,27-31H,6-10,12-22H2,1-5H3,(H,36,40)(H,38,39);17H,3-15H2,1-2H3,(H,22,24)(H,25,26)(H,29,30);1H3;4*1H2;;/q;;;4*-1;2*+2/t24-,27-,28+,29-,30+,31+,34+,35-;17-;;;;;;;/m11......./s1. The van der Waals surface area contributed by atoms with Gasteiger partial charge >= 0.3 is 72.1 Å². The molecule has 0 spiro atoms. The molecule has 4 rings (SSSR count). The Morgan fingerprint density at radius 2 is 1.35 bits per heavy atom. The van der Waals surface area contributed by atoms with Crippen LogP contribution in [0.25, 0.3) is 24.6 Å². The third-order valence-corrected chi connectivity index (χ3v) is 17.2. The first-order valence-electron chi connectivity index (χ1n) is 28.3. The number of phosphoric acid groups is 1. The maximum atomic E-state index is 12.5. The Labute approximate surface area is 528 Å². The number of phosphoric ester groups is 1. The van der Waals surface area contributed by atoms with Gasteiger partial charge in [-0.15, -0.1) is 0 Å². The van der Waals surface area contributed by atoms with Gasteiger partial charge in [0.25, 0.3) is 7.82 Å². The SMILES string of the molecule is CC(C)CCC[C@@H](C)[C@H]1CC[C@H]2[C@@H]3CC=C4C[C@H](OC(=O)NCCCC(=O)CCC(=O)O)CC[C@]4(C)[C@H]3CC[C@]12C.CCC(=O)OC[C@H](COP(=O)([O-])OCCCC(=O)COCCCNC(=O)CCC(=O)O)OC(=O)CC.[NH2-].[NH2-].[NH2-].[NH2-].[NH4+].[Pt+2].[Pt+2]. The van der Waals surface area contributed by atoms with Crippen LogP contribution in [0.4, 0.5) is 4.79 Å². The number of carbonyl (C=O) groups excluding carboxylic acids is 6. The van der Waals surface area contributed by atoms with Gasteiger partial charge in [0.1, 0.15) is 25.1 Å². The fourth-order valence-corrected chi connectivity index (χ4v) is 12.9. The summed E-state index contributed by atoms with van der Waals surface area (Å²) >= 11 is 0. The Kier molecular flexibility index (Phi) is 49.2. The summed E-state index contributed by atoms with van der Waals surface area (Å²) in [5.41, 5.74) is 2.25. The summed E-state index contributed by atoms with van der Waals surface area (Å²) in [4.78, 5) is 103. The number of ketones is 2. The van der Waals surface area contributed by atoms with Crippen molar-refractivity contribution in [2.45, 2.75) is 202 Å². The van der Waals surface area contributed by atoms with Crippen LogP contribution in [0, 0.1) is 46.3 Å². The van der Waals surface area contributed by atoms with Crippen LogP contribution in [0.5, 0.6) is 0 Å². The molecule has 84 heavy (non-hydrogen) atoms. The first-order valence-corrected chi connectivity index (χ1v) is 29.8. The molecule has 4 aliphatic rings. The number of amides is 2. The molecular formula is C56H104N7O18PPt2. The van der Waals surface area contributed by atoms with Crippen LogP contribution in [0.2, 0.25) is 0 Å². The maximum absolute atomic E-state index is 12.5. The number of ether oxygens (including phenoxy) is 4. The largest absolute Gasteiger partial charge is 2.00 e. The molecule has 3 saturated carbocycles. The quantitative estimate of drug-likeness (QED) is 0.0129. The molecular weight excluding hydrogens is 1480 g/mol. The number of carbonyl (C=O) groups is 8. The van der Waals surface area contributed by atoms with Crippen molar-refractivity contribution in [1.29, 1.82) is 0 Å². The predicted octanol–water partition coefficient (Wildman–Crippen LogP) is 12.1. The monoisotopic (exact) mass is 1580 g/mol. The first-order chi connectivity index (χ1) is 36.4. The van der Waals surface area contributed by atoms with Crippen molar-refractivity contribution in [3.05, 3.63) is 36.3 Å². The van der Waals surface area contributed by atoms with Crippen molar-refractivity contribution in [3.63, 3.8) is 0 Å². The Balaban J connectivity index is -0.000000461. The molecule has 0 heterocycles. The van der Waals surface area contributed by atoms with Crippen LogP contribution < -0.4 is 21.7 Å². The molecule has 4 aliphatic carbocycles. The smallest absolute Gasteiger partial charge is 0.756 e. The Hall–Kier alpha value is -3.05. The molecule has 0 aromatic carbocycles. The summed E-state index contributed by atoms with van der Waals surface area (Å²) < 4.78 is 42.1. The number of aliphatic carboxylic acids is 2. The number of carboxylic acids is 2. The molecule has 0 aliphatic heterocycles. The number of nitrogens with one attached hydrogen (secondary N) is 2. The van der Waals surface area contributed by atoms with Crippen LogP contribution in [0.3, 0.4) is 0 Å². The molecule has 0 radical (unpaired) electrons. The van der Waals surface area contributed by atoms with E-state index in [2.05, 4.69) is 55.9 Å². The minimum Gasteiger partial charge on any atom is -0.756 e. The van der Waals surface area contributed by atoms with Crippen molar-refractivity contribution < 1.29 is 128 Å². The van der Waals surface area contributed by atoms with E-state index in [1.165, 1.54) is 56.9 Å². The van der Waals surface area contributed by atoms with Gasteiger partial charge in [0.2, 0.25) is 5.91 Å². The van der Waals surface area contributed by atoms with E-state index < -0.39 is 50.5 Å². The number of fused-ring (bicyclic) bond motifs is 5. The van der Waals surface area contributed by atoms with E-state index in [1.54, 1.807) is 13.8 Å². The normalized spacial score (nSPS) is 22.8. The van der Waals surface area contributed by atoms with Gasteiger partial charge in [-0.05, 0) is 111 Å². The number of alkyl carbamates (subject to hydrolysis) is 1. The van der Waals surface area contributed by atoms with E-state index in [0.717, 1.165) is 54.8 Å². The van der Waals surface area contributed by atoms with Crippen molar-refractivity contribution in [2.24, 2.45) is 46.3 Å². The molecule has 496 valence electrons. The molecule has 0 bridgehead atoms. The summed E-state index contributed by atoms with van der Waals surface area (Å²) in [7, 11) is -4.76. The van der Waals surface area contributed by atoms with E-state index in [9.17, 15) is 47.8 Å². The fraction of sp³-hybridized carbons (Fsp3) is 0.821. The number of nitrogens with two attached hydrogens (primary N) is 4. The molecule has 16 N–H and O–H groups in total. The minimum absolute atomic E-state index is 0. The predicted molar refractivity (Wildman–Crippen MR) is 310 cm³/mol. The Morgan fingerprint density at radius 3 is 1.98 bits per heavy atom. The number of hydrogen-bond donors (Lipinski definition) is 5. The third kappa shape index (κ3) is 32.3. The average Bonchev–Trinajstić information content (AvgIpc) is 3.74. The first kappa shape index (κ1) is 89.7. The second-order valence-electron chi connectivity index (χ2n) is 22.4. The molecule has 0 saturated heterocycles. The van der Waals surface area contributed by atoms with E-state index in [4.69, 9.17) is 33.7 Å². The number of esters is 2. The van der Waals surface area contributed by atoms with Crippen LogP contribution >= 0.6 is 7.82 Å². The molecule has 0 aromatic heterocycles. The van der Waals surface area contributed by atoms with Crippen LogP contribution in [-0.2, 0) is 108 Å². The van der Waals surface area contributed by atoms with Gasteiger partial charge in [-0.2, -0.15) is 0 Å². The van der Waals surface area contributed by atoms with Crippen molar-refractivity contribution in [1.82, 2.24) is 16.8 Å². The van der Waals surface area contributed by atoms with Gasteiger partial charge in [-0.25, -0.2) is 4.79 Å². The molecule has 0 aromatic rings. The Morgan fingerprint density at radius 1 is 0.714 bits per heavy atom. The van der Waals surface area contributed by atoms with Crippen LogP contribution in [0.15, 0.2) is 11.6 Å². The number of quaternary nitrogens is 1. The van der Waals surface area contributed by atoms with Crippen molar-refractivity contribution in [2.75, 3.05) is 46.1 Å². The fourth-order valence-electron chi connectivity index (χ4n) is 12.1. The number of carboxylic acid groups (broad SMARTS) is 2. The molecule has 28 heteroatoms. The van der Waals surface area contributed by atoms with Gasteiger partial charge in [0.15, 0.2) is 11.9 Å². The summed E-state index contributed by atoms with van der Waals surface area (Å²) in [6.45, 7) is 14.9. The number of hydrogen-bond acceptors (Lipinski definition) is 16. The van der Waals surface area contributed by atoms with E-state index >= 15 is 0 Å². The molecule has 2 amide bonds. The molecule has 1 unspecified atom stereocenters. The summed E-state index contributed by atoms with van der Waals surface area (Å²) in [6, 6.07) is 0. The van der Waals surface area contributed by atoms with Crippen LogP contribution in [-0.4, -0.2) is 116 Å². The summed E-state index contributed by atoms with van der Waals surface area (Å²) in [5.74, 6) is 0.986. The molecule has 25 nitrogen and oxygen atoms in total. The van der Waals surface area contributed by atoms with Gasteiger partial charge < -0.3 is 84.5 Å². The van der Waals surface area contributed by atoms with Crippen LogP contribution in [0.1, 0.15) is 190 Å². The van der Waals surface area contributed by atoms with E-state index in [1.807, 2.05) is 0 Å². The van der Waals surface area contributed by atoms with Crippen molar-refractivity contribution >= 4 is 55.3 Å². The van der Waals surface area contributed by atoms with Gasteiger partial charge in [-0.1, -0.05) is 79.4 Å². The maximum Gasteiger partial charge on any atom is 2.00 e. The second-order valence-corrected chi connectivity index (χ2v) is 23.8. The third-order valence-electron chi connectivity index (χ3n) is 16.2. The van der Waals surface area contributed by atoms with E-state index in [-0.39, 0.29) is 193 Å². The zero-order valence-corrected chi connectivity index (χ0v) is 56.5. The topological polar surface area (TPSA) is 467 Å². The van der Waals surface area contributed by atoms with Crippen molar-refractivity contribution in [3.8, 4) is 0 Å². The number of Topliss-reactive ketones (excluding diaryl/α,β-unsaturated/α-hetero) is 2. The van der Waals surface area contributed by atoms with E-state index in [0.29, 0.717) is 24.8 Å². The Bertz CT molecular complexity index is 2050. The molecule has 10 atom stereocenters. The molecule has 3 fully saturated rings. The summed E-state index contributed by atoms with van der Waals surface area (Å²) in [5, 5.41) is 22.5. The zero-order chi connectivity index (χ0) is 57.2. The number of rotatable bonds is 35. The minimum atomic E-state index is -4.76. The van der Waals surface area contributed by atoms with Gasteiger partial charge in [0.05, 0.1) is 26.1 Å². The second kappa shape index (κ2) is 46.1. The summed E-state index contributed by atoms with van der Waals surface area (Å²) in [6.07, 6.45) is 15.6. The zero-order valence-electron chi connectivity index (χ0n) is 51.0. The van der Waals surface area contributed by atoms with Gasteiger partial charge in [0, 0.05) is 64.6 Å². The average molecular weight is 1580 g/mol.